The topological polar surface area (TPSA) is 69.7 Å². The van der Waals surface area contributed by atoms with E-state index in [1.54, 1.807) is 13.2 Å². The Morgan fingerprint density at radius 3 is 2.44 bits per heavy atom. The van der Waals surface area contributed by atoms with Crippen molar-refractivity contribution < 1.29 is 4.74 Å². The quantitative estimate of drug-likeness (QED) is 0.697. The number of nitrogens with zero attached hydrogens (tertiary/aromatic N) is 6. The third-order valence-corrected chi connectivity index (χ3v) is 5.92. The van der Waals surface area contributed by atoms with Crippen LogP contribution >= 0.6 is 11.6 Å². The fourth-order valence-electron chi connectivity index (χ4n) is 3.70. The Kier molecular flexibility index (Phi) is 6.92. The molecule has 8 nitrogen and oxygen atoms in total. The van der Waals surface area contributed by atoms with Gasteiger partial charge in [-0.05, 0) is 63.3 Å². The normalized spacial score (nSPS) is 16.8. The fourth-order valence-corrected chi connectivity index (χ4v) is 3.96. The van der Waals surface area contributed by atoms with Crippen LogP contribution in [0, 0.1) is 0 Å². The van der Waals surface area contributed by atoms with Crippen LogP contribution in [-0.4, -0.2) is 60.2 Å². The molecule has 1 aromatic heterocycles. The molecule has 0 amide bonds. The summed E-state index contributed by atoms with van der Waals surface area (Å²) in [5.74, 6) is 2.23. The molecule has 2 aliphatic rings. The predicted molar refractivity (Wildman–Crippen MR) is 130 cm³/mol. The van der Waals surface area contributed by atoms with Gasteiger partial charge in [-0.2, -0.15) is 15.0 Å². The van der Waals surface area contributed by atoms with Gasteiger partial charge < -0.3 is 19.9 Å². The van der Waals surface area contributed by atoms with Crippen LogP contribution in [0.1, 0.15) is 12.8 Å². The highest BCUT2D eigenvalue weighted by Gasteiger charge is 2.24. The van der Waals surface area contributed by atoms with Gasteiger partial charge in [0.2, 0.25) is 17.8 Å². The number of hydrogen-bond donors (Lipinski definition) is 1. The minimum atomic E-state index is 0.376. The summed E-state index contributed by atoms with van der Waals surface area (Å²) in [6, 6.07) is 5.86. The van der Waals surface area contributed by atoms with Crippen molar-refractivity contribution in [3.8, 4) is 5.75 Å². The van der Waals surface area contributed by atoms with Crippen LogP contribution in [0.15, 0.2) is 54.9 Å². The molecule has 0 aliphatic carbocycles. The highest BCUT2D eigenvalue weighted by molar-refractivity contribution is 6.32. The number of halogens is 1. The monoisotopic (exact) mass is 453 g/mol. The highest BCUT2D eigenvalue weighted by Crippen LogP contribution is 2.29. The zero-order valence-corrected chi connectivity index (χ0v) is 19.3. The van der Waals surface area contributed by atoms with E-state index in [1.807, 2.05) is 53.7 Å². The number of hydrogen-bond acceptors (Lipinski definition) is 8. The van der Waals surface area contributed by atoms with E-state index in [4.69, 9.17) is 26.3 Å². The van der Waals surface area contributed by atoms with Crippen LogP contribution in [0.3, 0.4) is 0 Å². The molecule has 2 aliphatic heterocycles. The lowest BCUT2D eigenvalue weighted by Crippen LogP contribution is -2.42. The molecule has 4 rings (SSSR count). The zero-order valence-electron chi connectivity index (χ0n) is 18.6. The van der Waals surface area contributed by atoms with E-state index in [9.17, 15) is 0 Å². The molecule has 0 unspecified atom stereocenters. The predicted octanol–water partition coefficient (Wildman–Crippen LogP) is 4.21. The van der Waals surface area contributed by atoms with E-state index in [1.165, 1.54) is 0 Å². The molecule has 1 aromatic carbocycles. The van der Waals surface area contributed by atoms with Crippen molar-refractivity contribution in [2.45, 2.75) is 18.9 Å². The first-order chi connectivity index (χ1) is 15.5. The average molecular weight is 454 g/mol. The van der Waals surface area contributed by atoms with E-state index in [2.05, 4.69) is 34.2 Å². The van der Waals surface area contributed by atoms with Crippen molar-refractivity contribution >= 4 is 35.1 Å². The smallest absolute Gasteiger partial charge is 0.240 e. The molecule has 1 fully saturated rings. The van der Waals surface area contributed by atoms with Crippen LogP contribution in [0.5, 0.6) is 5.75 Å². The number of anilines is 4. The number of nitrogens with one attached hydrogen (secondary N) is 1. The lowest BCUT2D eigenvalue weighted by molar-refractivity contribution is 0.252. The summed E-state index contributed by atoms with van der Waals surface area (Å²) in [5.41, 5.74) is 0.768. The molecular weight excluding hydrogens is 426 g/mol. The van der Waals surface area contributed by atoms with E-state index < -0.39 is 0 Å². The largest absolute Gasteiger partial charge is 0.495 e. The molecule has 1 N–H and O–H groups in total. The van der Waals surface area contributed by atoms with Gasteiger partial charge in [0, 0.05) is 31.2 Å². The molecule has 9 heteroatoms. The summed E-state index contributed by atoms with van der Waals surface area (Å²) in [4.78, 5) is 20.6. The number of likely N-dealkylation sites (tertiary alicyclic amines) is 1. The Hall–Kier alpha value is -3.10. The summed E-state index contributed by atoms with van der Waals surface area (Å²) < 4.78 is 5.25. The molecule has 0 saturated carbocycles. The van der Waals surface area contributed by atoms with E-state index in [0.29, 0.717) is 34.7 Å². The standard InChI is InChI=1S/C23H28ClN7O/c1-29-14-10-18(11-15-29)30(2)22-26-21(25-17-8-9-20(32-3)19(24)16-17)27-23(28-22)31-12-6-4-5-7-13-31/h4-9,12-13,16,18H,10-11,14-15H2,1-3H3,(H,25,26,27,28). The van der Waals surface area contributed by atoms with Crippen molar-refractivity contribution in [3.05, 3.63) is 59.9 Å². The molecule has 0 atom stereocenters. The minimum Gasteiger partial charge on any atom is -0.495 e. The molecule has 1 saturated heterocycles. The van der Waals surface area contributed by atoms with Crippen LogP contribution < -0.4 is 19.9 Å². The molecular formula is C23H28ClN7O. The van der Waals surface area contributed by atoms with Gasteiger partial charge in [-0.1, -0.05) is 23.8 Å². The van der Waals surface area contributed by atoms with Gasteiger partial charge >= 0.3 is 0 Å². The summed E-state index contributed by atoms with van der Waals surface area (Å²) in [6.45, 7) is 2.12. The van der Waals surface area contributed by atoms with E-state index >= 15 is 0 Å². The summed E-state index contributed by atoms with van der Waals surface area (Å²) in [7, 11) is 5.80. The van der Waals surface area contributed by atoms with Crippen LogP contribution in [-0.2, 0) is 0 Å². The minimum absolute atomic E-state index is 0.376. The number of piperidine rings is 1. The van der Waals surface area contributed by atoms with E-state index in [-0.39, 0.29) is 0 Å². The third-order valence-electron chi connectivity index (χ3n) is 5.63. The number of methoxy groups -OCH3 is 1. The molecule has 2 aromatic rings. The first kappa shape index (κ1) is 22.1. The second-order valence-electron chi connectivity index (χ2n) is 7.85. The maximum atomic E-state index is 6.30. The second kappa shape index (κ2) is 10.0. The Morgan fingerprint density at radius 2 is 1.78 bits per heavy atom. The van der Waals surface area contributed by atoms with Crippen molar-refractivity contribution in [2.75, 3.05) is 49.4 Å². The van der Waals surface area contributed by atoms with Crippen LogP contribution in [0.25, 0.3) is 0 Å². The van der Waals surface area contributed by atoms with Gasteiger partial charge in [-0.15, -0.1) is 0 Å². The summed E-state index contributed by atoms with van der Waals surface area (Å²) in [5, 5.41) is 3.78. The number of rotatable bonds is 6. The van der Waals surface area contributed by atoms with Gasteiger partial charge in [0.1, 0.15) is 5.75 Å². The third kappa shape index (κ3) is 5.20. The first-order valence-corrected chi connectivity index (χ1v) is 11.0. The Morgan fingerprint density at radius 1 is 1.06 bits per heavy atom. The maximum Gasteiger partial charge on any atom is 0.240 e. The highest BCUT2D eigenvalue weighted by atomic mass is 35.5. The maximum absolute atomic E-state index is 6.30. The number of allylic oxidation sites excluding steroid dienone is 4. The summed E-state index contributed by atoms with van der Waals surface area (Å²) >= 11 is 6.30. The SMILES string of the molecule is COc1ccc(Nc2nc(N3C=CC=CC=C3)nc(N(C)C3CCN(C)CC3)n2)cc1Cl. The van der Waals surface area contributed by atoms with Crippen molar-refractivity contribution in [3.63, 3.8) is 0 Å². The van der Waals surface area contributed by atoms with Crippen LogP contribution in [0.4, 0.5) is 23.5 Å². The molecule has 0 spiro atoms. The van der Waals surface area contributed by atoms with Gasteiger partial charge in [-0.3, -0.25) is 4.90 Å². The number of aromatic nitrogens is 3. The lowest BCUT2D eigenvalue weighted by Gasteiger charge is -2.35. The van der Waals surface area contributed by atoms with Crippen molar-refractivity contribution in [2.24, 2.45) is 0 Å². The fraction of sp³-hybridized carbons (Fsp3) is 0.348. The lowest BCUT2D eigenvalue weighted by atomic mass is 10.0. The van der Waals surface area contributed by atoms with Crippen molar-refractivity contribution in [1.82, 2.24) is 19.9 Å². The number of ether oxygens (including phenoxy) is 1. The zero-order chi connectivity index (χ0) is 22.5. The molecule has 0 bridgehead atoms. The van der Waals surface area contributed by atoms with Gasteiger partial charge in [0.05, 0.1) is 12.1 Å². The average Bonchev–Trinajstić information content (AvgIpc) is 3.09. The molecule has 0 radical (unpaired) electrons. The molecule has 32 heavy (non-hydrogen) atoms. The Balaban J connectivity index is 1.66. The van der Waals surface area contributed by atoms with Gasteiger partial charge in [-0.25, -0.2) is 0 Å². The Bertz CT molecular complexity index is 1020. The van der Waals surface area contributed by atoms with Gasteiger partial charge in [0.15, 0.2) is 0 Å². The van der Waals surface area contributed by atoms with E-state index in [0.717, 1.165) is 31.6 Å². The molecule has 3 heterocycles. The second-order valence-corrected chi connectivity index (χ2v) is 8.26. The molecule has 168 valence electrons. The van der Waals surface area contributed by atoms with Crippen molar-refractivity contribution in [1.29, 1.82) is 0 Å². The van der Waals surface area contributed by atoms with Gasteiger partial charge in [0.25, 0.3) is 0 Å². The number of benzene rings is 1. The Labute approximate surface area is 193 Å². The summed E-state index contributed by atoms with van der Waals surface area (Å²) in [6.07, 6.45) is 13.8. The van der Waals surface area contributed by atoms with Crippen LogP contribution in [0.2, 0.25) is 5.02 Å². The first-order valence-electron chi connectivity index (χ1n) is 10.6.